The molecule has 2 saturated carbocycles. The largest absolute Gasteiger partial charge is 0.491 e. The van der Waals surface area contributed by atoms with Crippen LogP contribution in [0.5, 0.6) is 5.75 Å². The van der Waals surface area contributed by atoms with Crippen LogP contribution in [-0.4, -0.2) is 17.3 Å². The predicted molar refractivity (Wildman–Crippen MR) is 90.8 cm³/mol. The van der Waals surface area contributed by atoms with Gasteiger partial charge in [-0.2, -0.15) is 0 Å². The molecule has 2 aliphatic carbocycles. The van der Waals surface area contributed by atoms with Crippen LogP contribution in [0.2, 0.25) is 0 Å². The summed E-state index contributed by atoms with van der Waals surface area (Å²) in [6.45, 7) is 4.06. The van der Waals surface area contributed by atoms with Crippen LogP contribution in [0.3, 0.4) is 0 Å². The van der Waals surface area contributed by atoms with Gasteiger partial charge < -0.3 is 15.4 Å². The lowest BCUT2D eigenvalue weighted by atomic mass is 9.96. The molecule has 0 amide bonds. The Morgan fingerprint density at radius 3 is 2.52 bits per heavy atom. The standard InChI is InChI=1S/C17H24N2OS/c1-11(2)20-15-7-5-14(6-8-15)18-17(21)19-16-10-12-3-4-13(16)9-12/h5-8,11-13,16H,3-4,9-10H2,1-2H3,(H2,18,19,21)/t12-,13-,16+/m1/s1. The molecule has 3 atom stereocenters. The summed E-state index contributed by atoms with van der Waals surface area (Å²) in [5.41, 5.74) is 1.01. The van der Waals surface area contributed by atoms with E-state index in [0.29, 0.717) is 6.04 Å². The van der Waals surface area contributed by atoms with Gasteiger partial charge in [0.25, 0.3) is 0 Å². The topological polar surface area (TPSA) is 33.3 Å². The summed E-state index contributed by atoms with van der Waals surface area (Å²) >= 11 is 5.44. The van der Waals surface area contributed by atoms with Gasteiger partial charge >= 0.3 is 0 Å². The highest BCUT2D eigenvalue weighted by atomic mass is 32.1. The van der Waals surface area contributed by atoms with Crippen LogP contribution >= 0.6 is 12.2 Å². The summed E-state index contributed by atoms with van der Waals surface area (Å²) in [6.07, 6.45) is 5.66. The van der Waals surface area contributed by atoms with Gasteiger partial charge in [-0.25, -0.2) is 0 Å². The number of hydrogen-bond acceptors (Lipinski definition) is 2. The van der Waals surface area contributed by atoms with Gasteiger partial charge in [-0.3, -0.25) is 0 Å². The molecule has 1 aromatic carbocycles. The molecule has 2 fully saturated rings. The quantitative estimate of drug-likeness (QED) is 0.825. The van der Waals surface area contributed by atoms with Gasteiger partial charge in [0.2, 0.25) is 0 Å². The molecule has 2 aliphatic rings. The second-order valence-electron chi connectivity index (χ2n) is 6.57. The lowest BCUT2D eigenvalue weighted by Gasteiger charge is -2.24. The van der Waals surface area contributed by atoms with Gasteiger partial charge in [0.1, 0.15) is 5.75 Å². The molecule has 0 aliphatic heterocycles. The molecule has 0 spiro atoms. The number of nitrogens with one attached hydrogen (secondary N) is 2. The second-order valence-corrected chi connectivity index (χ2v) is 6.98. The molecule has 3 rings (SSSR count). The van der Waals surface area contributed by atoms with Gasteiger partial charge in [-0.05, 0) is 81.4 Å². The van der Waals surface area contributed by atoms with Gasteiger partial charge in [0, 0.05) is 11.7 Å². The first-order chi connectivity index (χ1) is 10.1. The van der Waals surface area contributed by atoms with E-state index in [1.165, 1.54) is 25.7 Å². The molecule has 4 heteroatoms. The Hall–Kier alpha value is -1.29. The molecule has 0 radical (unpaired) electrons. The Morgan fingerprint density at radius 1 is 1.19 bits per heavy atom. The van der Waals surface area contributed by atoms with E-state index in [1.807, 2.05) is 38.1 Å². The minimum absolute atomic E-state index is 0.198. The Balaban J connectivity index is 1.50. The van der Waals surface area contributed by atoms with E-state index in [1.54, 1.807) is 0 Å². The highest BCUT2D eigenvalue weighted by molar-refractivity contribution is 7.80. The van der Waals surface area contributed by atoms with E-state index in [2.05, 4.69) is 10.6 Å². The number of hydrogen-bond donors (Lipinski definition) is 2. The van der Waals surface area contributed by atoms with Crippen LogP contribution in [0.15, 0.2) is 24.3 Å². The minimum Gasteiger partial charge on any atom is -0.491 e. The second kappa shape index (κ2) is 6.22. The fraction of sp³-hybridized carbons (Fsp3) is 0.588. The van der Waals surface area contributed by atoms with Crippen molar-refractivity contribution < 1.29 is 4.74 Å². The maximum Gasteiger partial charge on any atom is 0.171 e. The molecule has 0 unspecified atom stereocenters. The number of benzene rings is 1. The van der Waals surface area contributed by atoms with E-state index in [4.69, 9.17) is 17.0 Å². The lowest BCUT2D eigenvalue weighted by Crippen LogP contribution is -2.40. The summed E-state index contributed by atoms with van der Waals surface area (Å²) < 4.78 is 5.64. The third-order valence-corrected chi connectivity index (χ3v) is 4.76. The van der Waals surface area contributed by atoms with Crippen molar-refractivity contribution in [1.82, 2.24) is 5.32 Å². The Morgan fingerprint density at radius 2 is 1.95 bits per heavy atom. The molecule has 2 bridgehead atoms. The molecular weight excluding hydrogens is 280 g/mol. The van der Waals surface area contributed by atoms with Gasteiger partial charge in [0.05, 0.1) is 6.10 Å². The van der Waals surface area contributed by atoms with Crippen molar-refractivity contribution in [2.45, 2.75) is 51.7 Å². The molecule has 1 aromatic rings. The molecule has 21 heavy (non-hydrogen) atoms. The van der Waals surface area contributed by atoms with E-state index in [0.717, 1.165) is 28.4 Å². The zero-order chi connectivity index (χ0) is 14.8. The van der Waals surface area contributed by atoms with Gasteiger partial charge in [-0.15, -0.1) is 0 Å². The maximum atomic E-state index is 5.64. The van der Waals surface area contributed by atoms with Crippen molar-refractivity contribution in [3.63, 3.8) is 0 Å². The number of thiocarbonyl (C=S) groups is 1. The highest BCUT2D eigenvalue weighted by Gasteiger charge is 2.39. The normalized spacial score (nSPS) is 26.9. The zero-order valence-electron chi connectivity index (χ0n) is 12.8. The van der Waals surface area contributed by atoms with Crippen LogP contribution in [0, 0.1) is 11.8 Å². The van der Waals surface area contributed by atoms with Crippen LogP contribution in [0.25, 0.3) is 0 Å². The summed E-state index contributed by atoms with van der Waals surface area (Å²) in [7, 11) is 0. The van der Waals surface area contributed by atoms with Crippen molar-refractivity contribution in [2.24, 2.45) is 11.8 Å². The number of anilines is 1. The third kappa shape index (κ3) is 3.67. The summed E-state index contributed by atoms with van der Waals surface area (Å²) in [4.78, 5) is 0. The fourth-order valence-corrected chi connectivity index (χ4v) is 3.92. The van der Waals surface area contributed by atoms with Crippen molar-refractivity contribution in [1.29, 1.82) is 0 Å². The predicted octanol–water partition coefficient (Wildman–Crippen LogP) is 3.95. The first-order valence-corrected chi connectivity index (χ1v) is 8.35. The minimum atomic E-state index is 0.198. The fourth-order valence-electron chi connectivity index (χ4n) is 3.65. The van der Waals surface area contributed by atoms with Crippen molar-refractivity contribution in [2.75, 3.05) is 5.32 Å². The van der Waals surface area contributed by atoms with E-state index >= 15 is 0 Å². The average molecular weight is 304 g/mol. The SMILES string of the molecule is CC(C)Oc1ccc(NC(=S)N[C@H]2C[C@@H]3CC[C@@H]2C3)cc1. The van der Waals surface area contributed by atoms with Gasteiger partial charge in [-0.1, -0.05) is 6.42 Å². The first kappa shape index (κ1) is 14.6. The zero-order valence-corrected chi connectivity index (χ0v) is 13.6. The molecular formula is C17H24N2OS. The number of rotatable bonds is 4. The smallest absolute Gasteiger partial charge is 0.171 e. The summed E-state index contributed by atoms with van der Waals surface area (Å²) in [5.74, 6) is 2.65. The summed E-state index contributed by atoms with van der Waals surface area (Å²) in [6, 6.07) is 8.54. The third-order valence-electron chi connectivity index (χ3n) is 4.54. The number of fused-ring (bicyclic) bond motifs is 2. The lowest BCUT2D eigenvalue weighted by molar-refractivity contribution is 0.242. The van der Waals surface area contributed by atoms with E-state index in [-0.39, 0.29) is 6.10 Å². The first-order valence-electron chi connectivity index (χ1n) is 7.94. The monoisotopic (exact) mass is 304 g/mol. The average Bonchev–Trinajstić information content (AvgIpc) is 3.02. The van der Waals surface area contributed by atoms with Crippen LogP contribution < -0.4 is 15.4 Å². The molecule has 114 valence electrons. The van der Waals surface area contributed by atoms with E-state index < -0.39 is 0 Å². The van der Waals surface area contributed by atoms with Crippen LogP contribution in [-0.2, 0) is 0 Å². The van der Waals surface area contributed by atoms with E-state index in [9.17, 15) is 0 Å². The Bertz CT molecular complexity index is 500. The maximum absolute atomic E-state index is 5.64. The molecule has 0 saturated heterocycles. The van der Waals surface area contributed by atoms with Crippen LogP contribution in [0.1, 0.15) is 39.5 Å². The molecule has 0 heterocycles. The van der Waals surface area contributed by atoms with Crippen molar-refractivity contribution in [3.05, 3.63) is 24.3 Å². The number of ether oxygens (including phenoxy) is 1. The van der Waals surface area contributed by atoms with Crippen LogP contribution in [0.4, 0.5) is 5.69 Å². The van der Waals surface area contributed by atoms with Crippen molar-refractivity contribution >= 4 is 23.0 Å². The molecule has 2 N–H and O–H groups in total. The Labute approximate surface area is 132 Å². The molecule has 0 aromatic heterocycles. The summed E-state index contributed by atoms with van der Waals surface area (Å²) in [5, 5.41) is 7.51. The van der Waals surface area contributed by atoms with Gasteiger partial charge in [0.15, 0.2) is 5.11 Å². The highest BCUT2D eigenvalue weighted by Crippen LogP contribution is 2.44. The Kier molecular flexibility index (Phi) is 4.34. The molecule has 3 nitrogen and oxygen atoms in total. The van der Waals surface area contributed by atoms with Crippen molar-refractivity contribution in [3.8, 4) is 5.75 Å².